The fourth-order valence-electron chi connectivity index (χ4n) is 3.06. The van der Waals surface area contributed by atoms with Gasteiger partial charge in [0.25, 0.3) is 0 Å². The molecule has 1 saturated heterocycles. The summed E-state index contributed by atoms with van der Waals surface area (Å²) in [5.74, 6) is 0.609. The molecule has 0 bridgehead atoms. The van der Waals surface area contributed by atoms with Gasteiger partial charge >= 0.3 is 0 Å². The van der Waals surface area contributed by atoms with E-state index in [0.717, 1.165) is 37.9 Å². The van der Waals surface area contributed by atoms with Crippen LogP contribution in [0.15, 0.2) is 30.3 Å². The lowest BCUT2D eigenvalue weighted by atomic mass is 9.92. The minimum absolute atomic E-state index is 0.0260. The molecule has 1 aromatic rings. The highest BCUT2D eigenvalue weighted by Crippen LogP contribution is 2.22. The third-order valence-corrected chi connectivity index (χ3v) is 4.56. The van der Waals surface area contributed by atoms with Gasteiger partial charge in [-0.3, -0.25) is 9.59 Å². The molecule has 0 radical (unpaired) electrons. The number of piperidine rings is 1. The zero-order chi connectivity index (χ0) is 16.7. The van der Waals surface area contributed by atoms with Crippen molar-refractivity contribution in [1.29, 1.82) is 0 Å². The minimum atomic E-state index is -0.344. The van der Waals surface area contributed by atoms with Crippen LogP contribution in [-0.4, -0.2) is 41.5 Å². The monoisotopic (exact) mass is 318 g/mol. The number of nitrogens with zero attached hydrogens (tertiary/aromatic N) is 1. The molecule has 0 aliphatic carbocycles. The van der Waals surface area contributed by atoms with Gasteiger partial charge in [0, 0.05) is 26.4 Å². The number of aliphatic hydroxyl groups excluding tert-OH is 1. The second kappa shape index (κ2) is 8.67. The first-order valence-corrected chi connectivity index (χ1v) is 8.31. The SMILES string of the molecule is CC(=O)N1CCC(CCC(=O)N[C@H](CO)c2ccccc2)CC1. The van der Waals surface area contributed by atoms with E-state index in [2.05, 4.69) is 5.32 Å². The zero-order valence-corrected chi connectivity index (χ0v) is 13.7. The lowest BCUT2D eigenvalue weighted by Crippen LogP contribution is -2.37. The van der Waals surface area contributed by atoms with Crippen LogP contribution in [0, 0.1) is 5.92 Å². The molecule has 23 heavy (non-hydrogen) atoms. The summed E-state index contributed by atoms with van der Waals surface area (Å²) in [5, 5.41) is 12.4. The molecule has 5 nitrogen and oxygen atoms in total. The Morgan fingerprint density at radius 2 is 1.91 bits per heavy atom. The van der Waals surface area contributed by atoms with Gasteiger partial charge in [0.2, 0.25) is 11.8 Å². The molecule has 1 aliphatic rings. The van der Waals surface area contributed by atoms with Crippen molar-refractivity contribution < 1.29 is 14.7 Å². The van der Waals surface area contributed by atoms with Crippen LogP contribution in [0.2, 0.25) is 0 Å². The molecule has 0 unspecified atom stereocenters. The number of rotatable bonds is 6. The van der Waals surface area contributed by atoms with Crippen molar-refractivity contribution >= 4 is 11.8 Å². The van der Waals surface area contributed by atoms with Crippen molar-refractivity contribution in [3.63, 3.8) is 0 Å². The van der Waals surface area contributed by atoms with Crippen LogP contribution in [0.3, 0.4) is 0 Å². The lowest BCUT2D eigenvalue weighted by molar-refractivity contribution is -0.130. The molecule has 1 atom stereocenters. The molecule has 2 N–H and O–H groups in total. The van der Waals surface area contributed by atoms with Gasteiger partial charge in [-0.15, -0.1) is 0 Å². The number of hydrogen-bond donors (Lipinski definition) is 2. The van der Waals surface area contributed by atoms with E-state index >= 15 is 0 Å². The Labute approximate surface area is 137 Å². The predicted octanol–water partition coefficient (Wildman–Crippen LogP) is 1.87. The van der Waals surface area contributed by atoms with Gasteiger partial charge in [-0.25, -0.2) is 0 Å². The van der Waals surface area contributed by atoms with Gasteiger partial charge in [0.05, 0.1) is 12.6 Å². The standard InChI is InChI=1S/C18H26N2O3/c1-14(22)20-11-9-15(10-12-20)7-8-18(23)19-17(13-21)16-5-3-2-4-6-16/h2-6,15,17,21H,7-13H2,1H3,(H,19,23)/t17-/m1/s1. The van der Waals surface area contributed by atoms with E-state index in [0.29, 0.717) is 12.3 Å². The molecule has 5 heteroatoms. The highest BCUT2D eigenvalue weighted by molar-refractivity contribution is 5.76. The van der Waals surface area contributed by atoms with Crippen LogP contribution in [0.5, 0.6) is 0 Å². The quantitative estimate of drug-likeness (QED) is 0.841. The summed E-state index contributed by atoms with van der Waals surface area (Å²) in [6.07, 6.45) is 3.24. The molecule has 1 aliphatic heterocycles. The fourth-order valence-corrected chi connectivity index (χ4v) is 3.06. The van der Waals surface area contributed by atoms with Crippen LogP contribution in [0.1, 0.15) is 44.2 Å². The molecular weight excluding hydrogens is 292 g/mol. The number of nitrogens with one attached hydrogen (secondary N) is 1. The number of carbonyl (C=O) groups excluding carboxylic acids is 2. The fraction of sp³-hybridized carbons (Fsp3) is 0.556. The molecule has 1 fully saturated rings. The topological polar surface area (TPSA) is 69.6 Å². The molecule has 0 saturated carbocycles. The van der Waals surface area contributed by atoms with E-state index in [4.69, 9.17) is 0 Å². The van der Waals surface area contributed by atoms with E-state index in [1.807, 2.05) is 35.2 Å². The maximum atomic E-state index is 12.1. The zero-order valence-electron chi connectivity index (χ0n) is 13.7. The highest BCUT2D eigenvalue weighted by atomic mass is 16.3. The van der Waals surface area contributed by atoms with Crippen LogP contribution in [0.4, 0.5) is 0 Å². The largest absolute Gasteiger partial charge is 0.394 e. The van der Waals surface area contributed by atoms with Crippen molar-refractivity contribution in [1.82, 2.24) is 10.2 Å². The smallest absolute Gasteiger partial charge is 0.220 e. The predicted molar refractivity (Wildman–Crippen MR) is 88.6 cm³/mol. The van der Waals surface area contributed by atoms with Crippen molar-refractivity contribution in [3.05, 3.63) is 35.9 Å². The van der Waals surface area contributed by atoms with E-state index in [-0.39, 0.29) is 24.5 Å². The number of aliphatic hydroxyl groups is 1. The van der Waals surface area contributed by atoms with Crippen molar-refractivity contribution in [2.24, 2.45) is 5.92 Å². The summed E-state index contributed by atoms with van der Waals surface area (Å²) >= 11 is 0. The van der Waals surface area contributed by atoms with Gasteiger partial charge in [-0.1, -0.05) is 30.3 Å². The Morgan fingerprint density at radius 3 is 2.48 bits per heavy atom. The highest BCUT2D eigenvalue weighted by Gasteiger charge is 2.21. The summed E-state index contributed by atoms with van der Waals surface area (Å²) in [4.78, 5) is 25.3. The molecule has 2 amide bonds. The lowest BCUT2D eigenvalue weighted by Gasteiger charge is -2.31. The summed E-state index contributed by atoms with van der Waals surface area (Å²) in [7, 11) is 0. The third-order valence-electron chi connectivity index (χ3n) is 4.56. The van der Waals surface area contributed by atoms with Crippen molar-refractivity contribution in [3.8, 4) is 0 Å². The average molecular weight is 318 g/mol. The molecule has 1 heterocycles. The Balaban J connectivity index is 1.74. The summed E-state index contributed by atoms with van der Waals surface area (Å²) in [5.41, 5.74) is 0.915. The van der Waals surface area contributed by atoms with Gasteiger partial charge in [-0.2, -0.15) is 0 Å². The molecule has 126 valence electrons. The normalized spacial score (nSPS) is 16.9. The Kier molecular flexibility index (Phi) is 6.59. The van der Waals surface area contributed by atoms with Crippen LogP contribution < -0.4 is 5.32 Å². The average Bonchev–Trinajstić information content (AvgIpc) is 2.59. The summed E-state index contributed by atoms with van der Waals surface area (Å²) in [6, 6.07) is 9.16. The molecule has 1 aromatic carbocycles. The van der Waals surface area contributed by atoms with Crippen molar-refractivity contribution in [2.45, 2.75) is 38.6 Å². The van der Waals surface area contributed by atoms with Gasteiger partial charge < -0.3 is 15.3 Å². The number of hydrogen-bond acceptors (Lipinski definition) is 3. The minimum Gasteiger partial charge on any atom is -0.394 e. The maximum absolute atomic E-state index is 12.1. The van der Waals surface area contributed by atoms with Gasteiger partial charge in [0.15, 0.2) is 0 Å². The first kappa shape index (κ1) is 17.5. The Morgan fingerprint density at radius 1 is 1.26 bits per heavy atom. The van der Waals surface area contributed by atoms with E-state index < -0.39 is 0 Å². The third kappa shape index (κ3) is 5.36. The van der Waals surface area contributed by atoms with E-state index in [9.17, 15) is 14.7 Å². The summed E-state index contributed by atoms with van der Waals surface area (Å²) < 4.78 is 0. The first-order chi connectivity index (χ1) is 11.1. The summed E-state index contributed by atoms with van der Waals surface area (Å²) in [6.45, 7) is 3.09. The maximum Gasteiger partial charge on any atom is 0.220 e. The number of likely N-dealkylation sites (tertiary alicyclic amines) is 1. The second-order valence-electron chi connectivity index (χ2n) is 6.20. The Bertz CT molecular complexity index is 510. The van der Waals surface area contributed by atoms with Gasteiger partial charge in [0.1, 0.15) is 0 Å². The van der Waals surface area contributed by atoms with E-state index in [1.54, 1.807) is 6.92 Å². The second-order valence-corrected chi connectivity index (χ2v) is 6.20. The van der Waals surface area contributed by atoms with Crippen molar-refractivity contribution in [2.75, 3.05) is 19.7 Å². The molecule has 2 rings (SSSR count). The van der Waals surface area contributed by atoms with Crippen LogP contribution in [-0.2, 0) is 9.59 Å². The molecule has 0 aromatic heterocycles. The van der Waals surface area contributed by atoms with Crippen LogP contribution >= 0.6 is 0 Å². The van der Waals surface area contributed by atoms with Crippen LogP contribution in [0.25, 0.3) is 0 Å². The molecular formula is C18H26N2O3. The van der Waals surface area contributed by atoms with E-state index in [1.165, 1.54) is 0 Å². The number of benzene rings is 1. The number of carbonyl (C=O) groups is 2. The first-order valence-electron chi connectivity index (χ1n) is 8.31. The van der Waals surface area contributed by atoms with Gasteiger partial charge in [-0.05, 0) is 30.7 Å². The Hall–Kier alpha value is -1.88. The number of amides is 2. The molecule has 0 spiro atoms.